The summed E-state index contributed by atoms with van der Waals surface area (Å²) in [6.07, 6.45) is 2.62. The molecule has 0 aliphatic carbocycles. The van der Waals surface area contributed by atoms with Crippen molar-refractivity contribution in [2.45, 2.75) is 26.7 Å². The van der Waals surface area contributed by atoms with Crippen molar-refractivity contribution in [2.75, 3.05) is 59.7 Å². The van der Waals surface area contributed by atoms with E-state index in [9.17, 15) is 0 Å². The minimum absolute atomic E-state index is 0.643. The number of piperidine rings is 1. The largest absolute Gasteiger partial charge is 0.383 e. The second-order valence-corrected chi connectivity index (χ2v) is 5.95. The van der Waals surface area contributed by atoms with Crippen molar-refractivity contribution in [3.8, 4) is 0 Å². The van der Waals surface area contributed by atoms with Gasteiger partial charge in [-0.25, -0.2) is 0 Å². The molecule has 1 aliphatic heterocycles. The van der Waals surface area contributed by atoms with Crippen molar-refractivity contribution < 1.29 is 9.47 Å². The van der Waals surface area contributed by atoms with Crippen molar-refractivity contribution in [3.05, 3.63) is 0 Å². The van der Waals surface area contributed by atoms with E-state index in [2.05, 4.69) is 24.1 Å². The van der Waals surface area contributed by atoms with Gasteiger partial charge in [0.2, 0.25) is 0 Å². The molecule has 4 nitrogen and oxygen atoms in total. The van der Waals surface area contributed by atoms with Crippen LogP contribution in [0.5, 0.6) is 0 Å². The Bertz CT molecular complexity index is 204. The van der Waals surface area contributed by atoms with Crippen molar-refractivity contribution in [2.24, 2.45) is 11.8 Å². The maximum absolute atomic E-state index is 5.65. The van der Waals surface area contributed by atoms with E-state index in [1.54, 1.807) is 7.11 Å². The number of nitrogens with one attached hydrogen (secondary N) is 1. The maximum atomic E-state index is 5.65. The third-order valence-electron chi connectivity index (χ3n) is 3.63. The van der Waals surface area contributed by atoms with Gasteiger partial charge in [-0.05, 0) is 44.3 Å². The highest BCUT2D eigenvalue weighted by Crippen LogP contribution is 2.15. The van der Waals surface area contributed by atoms with E-state index in [4.69, 9.17) is 9.47 Å². The Kier molecular flexibility index (Phi) is 9.43. The van der Waals surface area contributed by atoms with Crippen LogP contribution in [0.3, 0.4) is 0 Å². The van der Waals surface area contributed by atoms with Crippen molar-refractivity contribution in [1.82, 2.24) is 10.2 Å². The molecule has 0 spiro atoms. The Hall–Kier alpha value is -0.160. The van der Waals surface area contributed by atoms with Gasteiger partial charge in [0, 0.05) is 26.8 Å². The zero-order valence-corrected chi connectivity index (χ0v) is 13.0. The highest BCUT2D eigenvalue weighted by molar-refractivity contribution is 4.73. The molecule has 0 radical (unpaired) electrons. The van der Waals surface area contributed by atoms with Gasteiger partial charge in [0.05, 0.1) is 13.2 Å². The molecule has 1 saturated heterocycles. The highest BCUT2D eigenvalue weighted by atomic mass is 16.5. The van der Waals surface area contributed by atoms with Gasteiger partial charge in [-0.15, -0.1) is 0 Å². The number of nitrogens with zero attached hydrogens (tertiary/aromatic N) is 1. The number of methoxy groups -OCH3 is 1. The number of rotatable bonds is 10. The monoisotopic (exact) mass is 272 g/mol. The Morgan fingerprint density at radius 2 is 1.95 bits per heavy atom. The fraction of sp³-hybridized carbons (Fsp3) is 1.00. The Labute approximate surface area is 118 Å². The Morgan fingerprint density at radius 3 is 2.58 bits per heavy atom. The molecule has 0 aromatic carbocycles. The van der Waals surface area contributed by atoms with E-state index in [1.807, 2.05) is 0 Å². The van der Waals surface area contributed by atoms with Crippen LogP contribution in [0.15, 0.2) is 0 Å². The summed E-state index contributed by atoms with van der Waals surface area (Å²) in [7, 11) is 1.75. The lowest BCUT2D eigenvalue weighted by molar-refractivity contribution is 0.0737. The fourth-order valence-electron chi connectivity index (χ4n) is 2.41. The molecular formula is C15H32N2O2. The Morgan fingerprint density at radius 1 is 1.21 bits per heavy atom. The molecule has 0 atom stereocenters. The summed E-state index contributed by atoms with van der Waals surface area (Å²) >= 11 is 0. The molecule has 19 heavy (non-hydrogen) atoms. The van der Waals surface area contributed by atoms with Crippen LogP contribution in [0.4, 0.5) is 0 Å². The molecule has 1 aliphatic rings. The molecule has 0 unspecified atom stereocenters. The van der Waals surface area contributed by atoms with Gasteiger partial charge in [0.15, 0.2) is 0 Å². The quantitative estimate of drug-likeness (QED) is 0.613. The van der Waals surface area contributed by atoms with Gasteiger partial charge in [-0.3, -0.25) is 0 Å². The first-order valence-electron chi connectivity index (χ1n) is 7.72. The van der Waals surface area contributed by atoms with Crippen LogP contribution in [-0.4, -0.2) is 64.6 Å². The van der Waals surface area contributed by atoms with E-state index >= 15 is 0 Å². The van der Waals surface area contributed by atoms with E-state index in [0.717, 1.165) is 45.4 Å². The van der Waals surface area contributed by atoms with Gasteiger partial charge in [-0.2, -0.15) is 0 Å². The van der Waals surface area contributed by atoms with Crippen molar-refractivity contribution in [1.29, 1.82) is 0 Å². The van der Waals surface area contributed by atoms with Crippen molar-refractivity contribution >= 4 is 0 Å². The fourth-order valence-corrected chi connectivity index (χ4v) is 2.41. The molecule has 1 rings (SSSR count). The molecule has 0 bridgehead atoms. The van der Waals surface area contributed by atoms with Gasteiger partial charge in [0.25, 0.3) is 0 Å². The smallest absolute Gasteiger partial charge is 0.0593 e. The van der Waals surface area contributed by atoms with Crippen molar-refractivity contribution in [3.63, 3.8) is 0 Å². The summed E-state index contributed by atoms with van der Waals surface area (Å²) in [6, 6.07) is 0. The molecular weight excluding hydrogens is 240 g/mol. The molecule has 0 amide bonds. The normalized spacial score (nSPS) is 18.3. The van der Waals surface area contributed by atoms with Crippen LogP contribution < -0.4 is 5.32 Å². The number of hydrogen-bond acceptors (Lipinski definition) is 4. The Balaban J connectivity index is 1.96. The van der Waals surface area contributed by atoms with Gasteiger partial charge < -0.3 is 19.7 Å². The molecule has 4 heteroatoms. The topological polar surface area (TPSA) is 33.7 Å². The average Bonchev–Trinajstić information content (AvgIpc) is 2.41. The summed E-state index contributed by atoms with van der Waals surface area (Å²) in [5.41, 5.74) is 0. The third kappa shape index (κ3) is 8.58. The molecule has 1 fully saturated rings. The van der Waals surface area contributed by atoms with Crippen LogP contribution in [0.2, 0.25) is 0 Å². The van der Waals surface area contributed by atoms with Gasteiger partial charge in [0.1, 0.15) is 0 Å². The predicted molar refractivity (Wildman–Crippen MR) is 79.6 cm³/mol. The average molecular weight is 272 g/mol. The summed E-state index contributed by atoms with van der Waals surface area (Å²) < 4.78 is 10.7. The zero-order valence-electron chi connectivity index (χ0n) is 13.0. The first kappa shape index (κ1) is 16.9. The lowest BCUT2D eigenvalue weighted by atomic mass is 9.97. The van der Waals surface area contributed by atoms with E-state index in [1.165, 1.54) is 25.9 Å². The molecule has 114 valence electrons. The lowest BCUT2D eigenvalue weighted by Crippen LogP contribution is -2.39. The minimum Gasteiger partial charge on any atom is -0.383 e. The van der Waals surface area contributed by atoms with Gasteiger partial charge >= 0.3 is 0 Å². The standard InChI is InChI=1S/C15H32N2O2/c1-14(2)13-19-11-9-17-7-4-15(5-8-17)12-16-6-10-18-3/h14-16H,4-13H2,1-3H3. The maximum Gasteiger partial charge on any atom is 0.0593 e. The van der Waals surface area contributed by atoms with E-state index < -0.39 is 0 Å². The first-order chi connectivity index (χ1) is 9.22. The summed E-state index contributed by atoms with van der Waals surface area (Å²) in [4.78, 5) is 2.53. The molecule has 1 heterocycles. The third-order valence-corrected chi connectivity index (χ3v) is 3.63. The van der Waals surface area contributed by atoms with Crippen LogP contribution >= 0.6 is 0 Å². The number of ether oxygens (including phenoxy) is 2. The molecule has 1 N–H and O–H groups in total. The number of likely N-dealkylation sites (tertiary alicyclic amines) is 1. The zero-order chi connectivity index (χ0) is 13.9. The summed E-state index contributed by atoms with van der Waals surface area (Å²) in [6.45, 7) is 12.6. The van der Waals surface area contributed by atoms with E-state index in [-0.39, 0.29) is 0 Å². The van der Waals surface area contributed by atoms with Crippen LogP contribution in [0.25, 0.3) is 0 Å². The predicted octanol–water partition coefficient (Wildman–Crippen LogP) is 1.61. The second-order valence-electron chi connectivity index (χ2n) is 5.95. The SMILES string of the molecule is COCCNCC1CCN(CCOCC(C)C)CC1. The summed E-state index contributed by atoms with van der Waals surface area (Å²) in [5.74, 6) is 1.48. The number of hydrogen-bond donors (Lipinski definition) is 1. The first-order valence-corrected chi connectivity index (χ1v) is 7.72. The van der Waals surface area contributed by atoms with Crippen LogP contribution in [-0.2, 0) is 9.47 Å². The van der Waals surface area contributed by atoms with Crippen LogP contribution in [0.1, 0.15) is 26.7 Å². The second kappa shape index (κ2) is 10.6. The molecule has 0 aromatic rings. The highest BCUT2D eigenvalue weighted by Gasteiger charge is 2.18. The summed E-state index contributed by atoms with van der Waals surface area (Å²) in [5, 5.41) is 3.47. The molecule has 0 aromatic heterocycles. The van der Waals surface area contributed by atoms with Gasteiger partial charge in [-0.1, -0.05) is 13.8 Å². The molecule has 0 saturated carbocycles. The minimum atomic E-state index is 0.643. The lowest BCUT2D eigenvalue weighted by Gasteiger charge is -2.32. The van der Waals surface area contributed by atoms with Crippen LogP contribution in [0, 0.1) is 11.8 Å². The van der Waals surface area contributed by atoms with E-state index in [0.29, 0.717) is 5.92 Å².